The van der Waals surface area contributed by atoms with Crippen LogP contribution in [0, 0.1) is 62.6 Å². The van der Waals surface area contributed by atoms with Gasteiger partial charge in [0.1, 0.15) is 12.7 Å². The van der Waals surface area contributed by atoms with Crippen LogP contribution in [0.1, 0.15) is 114 Å². The molecule has 10 nitrogen and oxygen atoms in total. The van der Waals surface area contributed by atoms with Crippen LogP contribution in [0.4, 0.5) is 0 Å². The number of aromatic nitrogens is 5. The van der Waals surface area contributed by atoms with E-state index >= 15 is 0 Å². The number of carbonyl (C=O) groups is 1. The first kappa shape index (κ1) is 37.6. The Kier molecular flexibility index (Phi) is 9.18. The van der Waals surface area contributed by atoms with Gasteiger partial charge < -0.3 is 20.3 Å². The minimum atomic E-state index is -0.640. The van der Waals surface area contributed by atoms with Crippen molar-refractivity contribution in [1.82, 2.24) is 24.7 Å². The van der Waals surface area contributed by atoms with Gasteiger partial charge in [0.25, 0.3) is 0 Å². The highest BCUT2D eigenvalue weighted by atomic mass is 16.5. The number of carboxylic acids is 1. The SMILES string of the molecule is CC(C)[C@@H](C)[C@@]1(C)CC[C@]2(C)[C@H]3CC[C@@H]4[C@@]5(C)COC[C@@]4(C3=CC[C@@]2(C)[C@@H]1C(=O)O)[C@@H](OC[C@](C)(N)C(C)C)[C@H](n1ncnc1-c1cncnc1)C5. The van der Waals surface area contributed by atoms with Gasteiger partial charge in [0.2, 0.25) is 0 Å². The Hall–Kier alpha value is -2.69. The summed E-state index contributed by atoms with van der Waals surface area (Å²) in [6, 6.07) is -0.139. The Labute approximate surface area is 311 Å². The van der Waals surface area contributed by atoms with Crippen molar-refractivity contribution in [2.75, 3.05) is 19.8 Å². The van der Waals surface area contributed by atoms with Crippen molar-refractivity contribution >= 4 is 5.97 Å². The van der Waals surface area contributed by atoms with Gasteiger partial charge in [-0.05, 0) is 96.7 Å². The van der Waals surface area contributed by atoms with Gasteiger partial charge in [-0.2, -0.15) is 5.10 Å². The number of nitrogens with two attached hydrogens (primary N) is 1. The van der Waals surface area contributed by atoms with Gasteiger partial charge in [-0.3, -0.25) is 4.79 Å². The zero-order valence-corrected chi connectivity index (χ0v) is 33.4. The van der Waals surface area contributed by atoms with E-state index in [1.165, 1.54) is 11.9 Å². The predicted octanol–water partition coefficient (Wildman–Crippen LogP) is 7.62. The van der Waals surface area contributed by atoms with Crippen LogP contribution in [-0.4, -0.2) is 67.3 Å². The Morgan fingerprint density at radius 2 is 1.77 bits per heavy atom. The van der Waals surface area contributed by atoms with Gasteiger partial charge in [0.15, 0.2) is 5.82 Å². The molecule has 12 atom stereocenters. The molecule has 0 unspecified atom stereocenters. The Morgan fingerprint density at radius 3 is 2.42 bits per heavy atom. The summed E-state index contributed by atoms with van der Waals surface area (Å²) in [5, 5.41) is 16.1. The first-order valence-corrected chi connectivity index (χ1v) is 19.9. The molecule has 5 aliphatic rings. The lowest BCUT2D eigenvalue weighted by atomic mass is 9.34. The average Bonchev–Trinajstić information content (AvgIpc) is 3.58. The second-order valence-corrected chi connectivity index (χ2v) is 19.7. The molecule has 2 aromatic heterocycles. The van der Waals surface area contributed by atoms with Crippen LogP contribution in [0.15, 0.2) is 36.7 Å². The van der Waals surface area contributed by atoms with E-state index in [0.29, 0.717) is 31.7 Å². The maximum atomic E-state index is 13.6. The normalized spacial score (nSPS) is 41.7. The van der Waals surface area contributed by atoms with Gasteiger partial charge >= 0.3 is 5.97 Å². The van der Waals surface area contributed by atoms with E-state index in [2.05, 4.69) is 90.0 Å². The number of nitrogens with zero attached hydrogens (tertiary/aromatic N) is 5. The molecule has 7 rings (SSSR count). The monoisotopic (exact) mass is 716 g/mol. The minimum absolute atomic E-state index is 0.127. The largest absolute Gasteiger partial charge is 0.481 e. The van der Waals surface area contributed by atoms with Crippen LogP contribution < -0.4 is 5.73 Å². The lowest BCUT2D eigenvalue weighted by Crippen LogP contribution is -2.70. The fourth-order valence-electron chi connectivity index (χ4n) is 12.6. The van der Waals surface area contributed by atoms with E-state index in [4.69, 9.17) is 25.3 Å². The second-order valence-electron chi connectivity index (χ2n) is 19.7. The van der Waals surface area contributed by atoms with E-state index in [1.54, 1.807) is 18.7 Å². The smallest absolute Gasteiger partial charge is 0.307 e. The summed E-state index contributed by atoms with van der Waals surface area (Å²) in [4.78, 5) is 27.0. The lowest BCUT2D eigenvalue weighted by Gasteiger charge is -2.71. The number of hydrogen-bond donors (Lipinski definition) is 2. The van der Waals surface area contributed by atoms with Gasteiger partial charge in [-0.1, -0.05) is 74.0 Å². The topological polar surface area (TPSA) is 138 Å². The molecule has 1 aliphatic heterocycles. The Balaban J connectivity index is 1.40. The summed E-state index contributed by atoms with van der Waals surface area (Å²) >= 11 is 0. The van der Waals surface area contributed by atoms with Crippen LogP contribution in [-0.2, 0) is 14.3 Å². The summed E-state index contributed by atoms with van der Waals surface area (Å²) < 4.78 is 16.2. The molecule has 3 saturated carbocycles. The van der Waals surface area contributed by atoms with Crippen molar-refractivity contribution in [1.29, 1.82) is 0 Å². The summed E-state index contributed by atoms with van der Waals surface area (Å²) in [6.07, 6.45) is 14.6. The lowest BCUT2D eigenvalue weighted by molar-refractivity contribution is -0.254. The zero-order chi connectivity index (χ0) is 37.6. The number of hydrogen-bond acceptors (Lipinski definition) is 8. The third kappa shape index (κ3) is 5.23. The summed E-state index contributed by atoms with van der Waals surface area (Å²) in [7, 11) is 0. The average molecular weight is 717 g/mol. The minimum Gasteiger partial charge on any atom is -0.481 e. The van der Waals surface area contributed by atoms with E-state index in [9.17, 15) is 9.90 Å². The van der Waals surface area contributed by atoms with E-state index in [-0.39, 0.29) is 46.1 Å². The molecule has 3 heterocycles. The highest BCUT2D eigenvalue weighted by Gasteiger charge is 2.72. The third-order valence-electron chi connectivity index (χ3n) is 16.6. The Bertz CT molecular complexity index is 1690. The quantitative estimate of drug-likeness (QED) is 0.251. The number of ether oxygens (including phenoxy) is 2. The second kappa shape index (κ2) is 12.7. The van der Waals surface area contributed by atoms with Crippen LogP contribution in [0.25, 0.3) is 11.4 Å². The fraction of sp³-hybridized carbons (Fsp3) is 0.786. The van der Waals surface area contributed by atoms with Crippen molar-refractivity contribution in [2.24, 2.45) is 68.3 Å². The maximum absolute atomic E-state index is 13.6. The van der Waals surface area contributed by atoms with Gasteiger partial charge in [-0.25, -0.2) is 19.6 Å². The molecule has 10 heteroatoms. The highest BCUT2D eigenvalue weighted by Crippen LogP contribution is 2.75. The van der Waals surface area contributed by atoms with Gasteiger partial charge in [0, 0.05) is 23.3 Å². The van der Waals surface area contributed by atoms with Crippen molar-refractivity contribution in [2.45, 2.75) is 125 Å². The molecule has 1 saturated heterocycles. The van der Waals surface area contributed by atoms with E-state index < -0.39 is 28.3 Å². The molecule has 4 fully saturated rings. The molecular formula is C42H64N6O4. The van der Waals surface area contributed by atoms with Gasteiger partial charge in [0.05, 0.1) is 43.4 Å². The maximum Gasteiger partial charge on any atom is 0.307 e. The number of allylic oxidation sites excluding steroid dienone is 1. The molecule has 0 radical (unpaired) electrons. The first-order valence-electron chi connectivity index (χ1n) is 19.9. The number of carboxylic acid groups (broad SMARTS) is 1. The van der Waals surface area contributed by atoms with Gasteiger partial charge in [-0.15, -0.1) is 0 Å². The van der Waals surface area contributed by atoms with Crippen LogP contribution in [0.3, 0.4) is 0 Å². The van der Waals surface area contributed by atoms with Crippen LogP contribution in [0.2, 0.25) is 0 Å². The summed E-state index contributed by atoms with van der Waals surface area (Å²) in [6.45, 7) is 24.3. The van der Waals surface area contributed by atoms with Crippen molar-refractivity contribution in [3.8, 4) is 11.4 Å². The molecular weight excluding hydrogens is 652 g/mol. The number of fused-ring (bicyclic) bond motifs is 3. The molecule has 3 N–H and O–H groups in total. The molecule has 52 heavy (non-hydrogen) atoms. The standard InChI is InChI=1S/C42H64N6O4/c1-25(2)27(5)38(7)15-16-39(8)29-11-12-32-37(6)17-31(48-35(46-24-47-48)28-18-44-23-45-19-28)34(52-21-41(10,43)26(3)4)42(32,22-51-20-37)30(29)13-14-40(39,9)33(38)36(49)50/h13,18-19,23-27,29,31-34H,11-12,14-17,20-22,43H2,1-10H3,(H,49,50)/t27-,29+,31-,32-,33-,34+,37-,38-,39-,40+,41+,42+/m1/s1. The Morgan fingerprint density at radius 1 is 1.06 bits per heavy atom. The first-order chi connectivity index (χ1) is 24.4. The molecule has 0 spiro atoms. The predicted molar refractivity (Wildman–Crippen MR) is 201 cm³/mol. The highest BCUT2D eigenvalue weighted by molar-refractivity contribution is 5.73. The summed E-state index contributed by atoms with van der Waals surface area (Å²) in [5.41, 5.74) is 7.22. The molecule has 2 aromatic rings. The fourth-order valence-corrected chi connectivity index (χ4v) is 12.6. The molecule has 0 amide bonds. The van der Waals surface area contributed by atoms with Crippen LogP contribution >= 0.6 is 0 Å². The van der Waals surface area contributed by atoms with Crippen molar-refractivity contribution < 1.29 is 19.4 Å². The van der Waals surface area contributed by atoms with E-state index in [1.807, 2.05) is 0 Å². The van der Waals surface area contributed by atoms with E-state index in [0.717, 1.165) is 49.9 Å². The molecule has 2 bridgehead atoms. The molecule has 286 valence electrons. The number of rotatable bonds is 9. The van der Waals surface area contributed by atoms with Crippen molar-refractivity contribution in [3.63, 3.8) is 0 Å². The summed E-state index contributed by atoms with van der Waals surface area (Å²) in [5.74, 6) is 1.10. The van der Waals surface area contributed by atoms with Crippen LogP contribution in [0.5, 0.6) is 0 Å². The zero-order valence-electron chi connectivity index (χ0n) is 33.4. The molecule has 4 aliphatic carbocycles. The van der Waals surface area contributed by atoms with Crippen molar-refractivity contribution in [3.05, 3.63) is 36.7 Å². The third-order valence-corrected chi connectivity index (χ3v) is 16.6. The number of aliphatic carboxylic acids is 1. The molecule has 0 aromatic carbocycles.